The van der Waals surface area contributed by atoms with E-state index in [1.165, 1.54) is 11.3 Å². The summed E-state index contributed by atoms with van der Waals surface area (Å²) in [5.74, 6) is -0.0187. The molecule has 0 saturated carbocycles. The maximum absolute atomic E-state index is 12.9. The van der Waals surface area contributed by atoms with Crippen LogP contribution < -0.4 is 0 Å². The monoisotopic (exact) mass is 349 g/mol. The molecule has 0 amide bonds. The fraction of sp³-hybridized carbons (Fsp3) is 0.167. The fourth-order valence-corrected chi connectivity index (χ4v) is 3.50. The highest BCUT2D eigenvalue weighted by atomic mass is 32.1. The molecule has 0 aliphatic rings. The van der Waals surface area contributed by atoms with Crippen molar-refractivity contribution in [3.05, 3.63) is 64.3 Å². The number of fused-ring (bicyclic) bond motifs is 1. The highest BCUT2D eigenvalue weighted by Gasteiger charge is 2.17. The standard InChI is InChI=1S/C18H15N5OS/c1-11-3-13(7-19-6-11)14-4-15(18-22-20-10-23(18)8-14)16(24)5-17-21-12(2)9-25-17/h3-4,6-10H,5H2,1-2H3. The first-order chi connectivity index (χ1) is 12.1. The summed E-state index contributed by atoms with van der Waals surface area (Å²) in [4.78, 5) is 21.5. The van der Waals surface area contributed by atoms with E-state index in [1.807, 2.05) is 37.6 Å². The zero-order valence-corrected chi connectivity index (χ0v) is 14.6. The number of hydrogen-bond acceptors (Lipinski definition) is 6. The molecule has 6 nitrogen and oxygen atoms in total. The second kappa shape index (κ2) is 6.18. The van der Waals surface area contributed by atoms with Crippen LogP contribution >= 0.6 is 11.3 Å². The van der Waals surface area contributed by atoms with Gasteiger partial charge in [-0.3, -0.25) is 14.2 Å². The van der Waals surface area contributed by atoms with E-state index in [-0.39, 0.29) is 12.2 Å². The average Bonchev–Trinajstić information content (AvgIpc) is 3.22. The Kier molecular flexibility index (Phi) is 3.85. The number of aromatic nitrogens is 5. The SMILES string of the molecule is Cc1cncc(-c2cc(C(=O)Cc3nc(C)cs3)c3nncn3c2)c1. The molecule has 0 aliphatic carbocycles. The van der Waals surface area contributed by atoms with Gasteiger partial charge in [-0.25, -0.2) is 4.98 Å². The summed E-state index contributed by atoms with van der Waals surface area (Å²) >= 11 is 1.50. The van der Waals surface area contributed by atoms with Crippen LogP contribution in [0.25, 0.3) is 16.8 Å². The molecule has 4 aromatic heterocycles. The van der Waals surface area contributed by atoms with E-state index in [1.54, 1.807) is 23.1 Å². The summed E-state index contributed by atoms with van der Waals surface area (Å²) in [6, 6.07) is 3.90. The topological polar surface area (TPSA) is 73.0 Å². The zero-order valence-electron chi connectivity index (χ0n) is 13.8. The van der Waals surface area contributed by atoms with Gasteiger partial charge in [0, 0.05) is 40.8 Å². The Morgan fingerprint density at radius 3 is 2.84 bits per heavy atom. The molecule has 0 bridgehead atoms. The largest absolute Gasteiger partial charge is 0.294 e. The zero-order chi connectivity index (χ0) is 17.4. The van der Waals surface area contributed by atoms with Crippen LogP contribution in [0.3, 0.4) is 0 Å². The van der Waals surface area contributed by atoms with Gasteiger partial charge < -0.3 is 0 Å². The van der Waals surface area contributed by atoms with Crippen molar-refractivity contribution in [2.75, 3.05) is 0 Å². The molecule has 0 spiro atoms. The average molecular weight is 349 g/mol. The lowest BCUT2D eigenvalue weighted by Gasteiger charge is -2.07. The summed E-state index contributed by atoms with van der Waals surface area (Å²) in [5, 5.41) is 10.8. The molecule has 7 heteroatoms. The van der Waals surface area contributed by atoms with Crippen LogP contribution in [-0.4, -0.2) is 30.3 Å². The number of carbonyl (C=O) groups excluding carboxylic acids is 1. The van der Waals surface area contributed by atoms with Gasteiger partial charge in [0.05, 0.1) is 12.0 Å². The molecule has 4 rings (SSSR count). The first-order valence-corrected chi connectivity index (χ1v) is 8.68. The van der Waals surface area contributed by atoms with Gasteiger partial charge in [-0.1, -0.05) is 0 Å². The minimum Gasteiger partial charge on any atom is -0.294 e. The van der Waals surface area contributed by atoms with Gasteiger partial charge >= 0.3 is 0 Å². The number of ketones is 1. The van der Waals surface area contributed by atoms with Crippen LogP contribution in [0.2, 0.25) is 0 Å². The predicted octanol–water partition coefficient (Wildman–Crippen LogP) is 3.29. The molecule has 4 aromatic rings. The Bertz CT molecular complexity index is 1080. The Balaban J connectivity index is 1.79. The molecule has 0 radical (unpaired) electrons. The van der Waals surface area contributed by atoms with E-state index in [0.29, 0.717) is 11.2 Å². The summed E-state index contributed by atoms with van der Waals surface area (Å²) in [7, 11) is 0. The van der Waals surface area contributed by atoms with Crippen LogP contribution in [0.15, 0.2) is 42.4 Å². The summed E-state index contributed by atoms with van der Waals surface area (Å²) in [6.07, 6.45) is 7.37. The normalized spacial score (nSPS) is 11.1. The van der Waals surface area contributed by atoms with E-state index in [0.717, 1.165) is 27.4 Å². The van der Waals surface area contributed by atoms with Gasteiger partial charge in [-0.05, 0) is 31.5 Å². The van der Waals surface area contributed by atoms with Crippen LogP contribution in [-0.2, 0) is 6.42 Å². The maximum Gasteiger partial charge on any atom is 0.173 e. The second-order valence-electron chi connectivity index (χ2n) is 5.94. The number of carbonyl (C=O) groups is 1. The molecule has 0 saturated heterocycles. The van der Waals surface area contributed by atoms with Gasteiger partial charge in [0.1, 0.15) is 11.3 Å². The number of aryl methyl sites for hydroxylation is 2. The number of Topliss-reactive ketones (excluding diaryl/α,β-unsaturated/α-hetero) is 1. The minimum absolute atomic E-state index is 0.0187. The predicted molar refractivity (Wildman–Crippen MR) is 95.8 cm³/mol. The Morgan fingerprint density at radius 1 is 1.20 bits per heavy atom. The minimum atomic E-state index is -0.0187. The Hall–Kier alpha value is -2.93. The molecular weight excluding hydrogens is 334 g/mol. The highest BCUT2D eigenvalue weighted by molar-refractivity contribution is 7.09. The smallest absolute Gasteiger partial charge is 0.173 e. The van der Waals surface area contributed by atoms with Gasteiger partial charge in [-0.2, -0.15) is 0 Å². The number of pyridine rings is 2. The van der Waals surface area contributed by atoms with Gasteiger partial charge in [0.15, 0.2) is 11.4 Å². The van der Waals surface area contributed by atoms with E-state index >= 15 is 0 Å². The number of rotatable bonds is 4. The summed E-state index contributed by atoms with van der Waals surface area (Å²) in [5.41, 5.74) is 4.96. The van der Waals surface area contributed by atoms with Gasteiger partial charge in [0.25, 0.3) is 0 Å². The molecular formula is C18H15N5OS. The van der Waals surface area contributed by atoms with Crippen LogP contribution in [0.1, 0.15) is 26.6 Å². The fourth-order valence-electron chi connectivity index (χ4n) is 2.73. The number of hydrogen-bond donors (Lipinski definition) is 0. The third-order valence-electron chi connectivity index (χ3n) is 3.88. The van der Waals surface area contributed by atoms with E-state index in [4.69, 9.17) is 0 Å². The van der Waals surface area contributed by atoms with Crippen molar-refractivity contribution in [3.63, 3.8) is 0 Å². The first-order valence-electron chi connectivity index (χ1n) is 7.80. The van der Waals surface area contributed by atoms with Crippen molar-refractivity contribution < 1.29 is 4.79 Å². The molecule has 0 aliphatic heterocycles. The molecule has 0 fully saturated rings. The van der Waals surface area contributed by atoms with Crippen LogP contribution in [0.4, 0.5) is 0 Å². The Morgan fingerprint density at radius 2 is 2.08 bits per heavy atom. The molecule has 4 heterocycles. The summed E-state index contributed by atoms with van der Waals surface area (Å²) < 4.78 is 1.78. The number of nitrogens with zero attached hydrogens (tertiary/aromatic N) is 5. The third-order valence-corrected chi connectivity index (χ3v) is 4.85. The van der Waals surface area contributed by atoms with Gasteiger partial charge in [-0.15, -0.1) is 21.5 Å². The van der Waals surface area contributed by atoms with Crippen molar-refractivity contribution in [1.29, 1.82) is 0 Å². The molecule has 0 unspecified atom stereocenters. The molecule has 25 heavy (non-hydrogen) atoms. The lowest BCUT2D eigenvalue weighted by molar-refractivity contribution is 0.0994. The van der Waals surface area contributed by atoms with E-state index in [9.17, 15) is 4.79 Å². The second-order valence-corrected chi connectivity index (χ2v) is 6.88. The van der Waals surface area contributed by atoms with Gasteiger partial charge in [0.2, 0.25) is 0 Å². The summed E-state index contributed by atoms with van der Waals surface area (Å²) in [6.45, 7) is 3.91. The maximum atomic E-state index is 12.9. The van der Waals surface area contributed by atoms with E-state index in [2.05, 4.69) is 20.2 Å². The number of thiazole rings is 1. The highest BCUT2D eigenvalue weighted by Crippen LogP contribution is 2.24. The van der Waals surface area contributed by atoms with Crippen molar-refractivity contribution in [3.8, 4) is 11.1 Å². The first kappa shape index (κ1) is 15.6. The molecule has 0 atom stereocenters. The van der Waals surface area contributed by atoms with Crippen molar-refractivity contribution in [2.45, 2.75) is 20.3 Å². The molecule has 0 N–H and O–H groups in total. The Labute approximate surface area is 148 Å². The lowest BCUT2D eigenvalue weighted by Crippen LogP contribution is -2.07. The molecule has 0 aromatic carbocycles. The third kappa shape index (κ3) is 3.06. The van der Waals surface area contributed by atoms with Crippen LogP contribution in [0.5, 0.6) is 0 Å². The lowest BCUT2D eigenvalue weighted by atomic mass is 10.0. The van der Waals surface area contributed by atoms with Crippen LogP contribution in [0, 0.1) is 13.8 Å². The quantitative estimate of drug-likeness (QED) is 0.529. The van der Waals surface area contributed by atoms with E-state index < -0.39 is 0 Å². The molecule has 124 valence electrons. The van der Waals surface area contributed by atoms with Crippen molar-refractivity contribution >= 4 is 22.8 Å². The van der Waals surface area contributed by atoms with Crippen molar-refractivity contribution in [1.82, 2.24) is 24.6 Å². The van der Waals surface area contributed by atoms with Crippen molar-refractivity contribution in [2.24, 2.45) is 0 Å².